The SMILES string of the molecule is CCN(C)c1ccnc(N2CCCCC(N(C)C)C2)n1. The highest BCUT2D eigenvalue weighted by atomic mass is 15.3. The van der Waals surface area contributed by atoms with E-state index in [1.807, 2.05) is 12.3 Å². The molecule has 112 valence electrons. The number of aromatic nitrogens is 2. The van der Waals surface area contributed by atoms with E-state index in [-0.39, 0.29) is 0 Å². The molecule has 0 aromatic carbocycles. The molecule has 1 fully saturated rings. The van der Waals surface area contributed by atoms with Crippen LogP contribution in [0.25, 0.3) is 0 Å². The van der Waals surface area contributed by atoms with Crippen molar-refractivity contribution in [3.63, 3.8) is 0 Å². The summed E-state index contributed by atoms with van der Waals surface area (Å²) in [7, 11) is 6.39. The molecule has 2 rings (SSSR count). The van der Waals surface area contributed by atoms with Crippen molar-refractivity contribution in [1.82, 2.24) is 14.9 Å². The average molecular weight is 277 g/mol. The summed E-state index contributed by atoms with van der Waals surface area (Å²) in [5.74, 6) is 1.87. The number of likely N-dealkylation sites (N-methyl/N-ethyl adjacent to an activating group) is 1. The average Bonchev–Trinajstić information content (AvgIpc) is 2.72. The molecule has 20 heavy (non-hydrogen) atoms. The van der Waals surface area contributed by atoms with Gasteiger partial charge in [-0.25, -0.2) is 4.98 Å². The van der Waals surface area contributed by atoms with Crippen molar-refractivity contribution < 1.29 is 0 Å². The molecule has 1 unspecified atom stereocenters. The van der Waals surface area contributed by atoms with Crippen LogP contribution in [0.15, 0.2) is 12.3 Å². The van der Waals surface area contributed by atoms with E-state index in [1.165, 1.54) is 19.3 Å². The summed E-state index contributed by atoms with van der Waals surface area (Å²) in [5, 5.41) is 0. The summed E-state index contributed by atoms with van der Waals surface area (Å²) < 4.78 is 0. The Labute approximate surface area is 122 Å². The Bertz CT molecular complexity index is 420. The van der Waals surface area contributed by atoms with E-state index in [1.54, 1.807) is 0 Å². The Balaban J connectivity index is 2.16. The van der Waals surface area contributed by atoms with Gasteiger partial charge in [0.05, 0.1) is 0 Å². The molecule has 0 spiro atoms. The highest BCUT2D eigenvalue weighted by molar-refractivity contribution is 5.43. The maximum absolute atomic E-state index is 4.72. The van der Waals surface area contributed by atoms with Gasteiger partial charge < -0.3 is 14.7 Å². The monoisotopic (exact) mass is 277 g/mol. The molecule has 5 nitrogen and oxygen atoms in total. The van der Waals surface area contributed by atoms with Crippen molar-refractivity contribution in [2.45, 2.75) is 32.2 Å². The third-order valence-corrected chi connectivity index (χ3v) is 4.15. The molecule has 0 N–H and O–H groups in total. The van der Waals surface area contributed by atoms with E-state index in [2.05, 4.69) is 47.8 Å². The topological polar surface area (TPSA) is 35.5 Å². The summed E-state index contributed by atoms with van der Waals surface area (Å²) >= 11 is 0. The molecular formula is C15H27N5. The molecule has 1 aliphatic heterocycles. The van der Waals surface area contributed by atoms with Gasteiger partial charge in [0.1, 0.15) is 5.82 Å². The van der Waals surface area contributed by atoms with Crippen molar-refractivity contribution in [1.29, 1.82) is 0 Å². The van der Waals surface area contributed by atoms with Crippen LogP contribution in [0.1, 0.15) is 26.2 Å². The molecule has 5 heteroatoms. The normalized spacial score (nSPS) is 20.1. The summed E-state index contributed by atoms with van der Waals surface area (Å²) in [6, 6.07) is 2.57. The van der Waals surface area contributed by atoms with Gasteiger partial charge >= 0.3 is 0 Å². The molecule has 0 bridgehead atoms. The molecule has 1 aliphatic rings. The Morgan fingerprint density at radius 3 is 2.80 bits per heavy atom. The quantitative estimate of drug-likeness (QED) is 0.839. The lowest BCUT2D eigenvalue weighted by atomic mass is 10.1. The van der Waals surface area contributed by atoms with Gasteiger partial charge in [0.2, 0.25) is 5.95 Å². The first-order valence-electron chi connectivity index (χ1n) is 7.57. The van der Waals surface area contributed by atoms with Crippen LogP contribution in [0.4, 0.5) is 11.8 Å². The van der Waals surface area contributed by atoms with E-state index in [0.717, 1.165) is 31.4 Å². The van der Waals surface area contributed by atoms with Crippen LogP contribution in [-0.4, -0.2) is 61.7 Å². The summed E-state index contributed by atoms with van der Waals surface area (Å²) in [5.41, 5.74) is 0. The van der Waals surface area contributed by atoms with Crippen LogP contribution in [-0.2, 0) is 0 Å². The summed E-state index contributed by atoms with van der Waals surface area (Å²) in [6.07, 6.45) is 5.65. The van der Waals surface area contributed by atoms with Crippen molar-refractivity contribution in [2.75, 3.05) is 50.6 Å². The van der Waals surface area contributed by atoms with Gasteiger partial charge in [-0.15, -0.1) is 0 Å². The minimum absolute atomic E-state index is 0.591. The predicted molar refractivity (Wildman–Crippen MR) is 84.5 cm³/mol. The van der Waals surface area contributed by atoms with E-state index >= 15 is 0 Å². The number of hydrogen-bond donors (Lipinski definition) is 0. The van der Waals surface area contributed by atoms with Gasteiger partial charge in [-0.1, -0.05) is 6.42 Å². The molecule has 1 aromatic rings. The van der Waals surface area contributed by atoms with Crippen LogP contribution < -0.4 is 9.80 Å². The van der Waals surface area contributed by atoms with Crippen molar-refractivity contribution in [3.05, 3.63) is 12.3 Å². The maximum Gasteiger partial charge on any atom is 0.227 e. The molecule has 1 aromatic heterocycles. The number of rotatable bonds is 4. The Morgan fingerprint density at radius 2 is 2.10 bits per heavy atom. The Kier molecular flexibility index (Phi) is 5.17. The third kappa shape index (κ3) is 3.60. The standard InChI is InChI=1S/C15H27N5/c1-5-19(4)14-9-10-16-15(17-14)20-11-7-6-8-13(12-20)18(2)3/h9-10,13H,5-8,11-12H2,1-4H3. The first-order valence-corrected chi connectivity index (χ1v) is 7.57. The Hall–Kier alpha value is -1.36. The van der Waals surface area contributed by atoms with Gasteiger partial charge in [0, 0.05) is 38.9 Å². The van der Waals surface area contributed by atoms with Crippen molar-refractivity contribution >= 4 is 11.8 Å². The predicted octanol–water partition coefficient (Wildman–Crippen LogP) is 1.85. The molecule has 2 heterocycles. The molecule has 0 saturated carbocycles. The zero-order valence-corrected chi connectivity index (χ0v) is 13.2. The highest BCUT2D eigenvalue weighted by Crippen LogP contribution is 2.20. The van der Waals surface area contributed by atoms with Crippen LogP contribution in [0.5, 0.6) is 0 Å². The van der Waals surface area contributed by atoms with E-state index < -0.39 is 0 Å². The van der Waals surface area contributed by atoms with Gasteiger partial charge in [-0.05, 0) is 39.9 Å². The third-order valence-electron chi connectivity index (χ3n) is 4.15. The minimum atomic E-state index is 0.591. The molecule has 1 atom stereocenters. The fraction of sp³-hybridized carbons (Fsp3) is 0.733. The van der Waals surface area contributed by atoms with Crippen LogP contribution in [0.2, 0.25) is 0 Å². The number of hydrogen-bond acceptors (Lipinski definition) is 5. The Morgan fingerprint density at radius 1 is 1.30 bits per heavy atom. The molecular weight excluding hydrogens is 250 g/mol. The lowest BCUT2D eigenvalue weighted by Gasteiger charge is -2.29. The van der Waals surface area contributed by atoms with Crippen LogP contribution in [0.3, 0.4) is 0 Å². The second-order valence-corrected chi connectivity index (χ2v) is 5.79. The van der Waals surface area contributed by atoms with Gasteiger partial charge in [0.15, 0.2) is 0 Å². The fourth-order valence-corrected chi connectivity index (χ4v) is 2.59. The minimum Gasteiger partial charge on any atom is -0.360 e. The van der Waals surface area contributed by atoms with Crippen molar-refractivity contribution in [3.8, 4) is 0 Å². The highest BCUT2D eigenvalue weighted by Gasteiger charge is 2.21. The van der Waals surface area contributed by atoms with E-state index in [0.29, 0.717) is 6.04 Å². The smallest absolute Gasteiger partial charge is 0.227 e. The van der Waals surface area contributed by atoms with Gasteiger partial charge in [-0.3, -0.25) is 0 Å². The summed E-state index contributed by atoms with van der Waals surface area (Å²) in [6.45, 7) is 5.17. The maximum atomic E-state index is 4.72. The zero-order valence-electron chi connectivity index (χ0n) is 13.2. The lowest BCUT2D eigenvalue weighted by Crippen LogP contribution is -2.39. The summed E-state index contributed by atoms with van der Waals surface area (Å²) in [4.78, 5) is 16.0. The molecule has 0 amide bonds. The second-order valence-electron chi connectivity index (χ2n) is 5.79. The van der Waals surface area contributed by atoms with Gasteiger partial charge in [0.25, 0.3) is 0 Å². The first kappa shape index (κ1) is 15.0. The fourth-order valence-electron chi connectivity index (χ4n) is 2.59. The second kappa shape index (κ2) is 6.88. The van der Waals surface area contributed by atoms with Crippen molar-refractivity contribution in [2.24, 2.45) is 0 Å². The van der Waals surface area contributed by atoms with Crippen LogP contribution in [0, 0.1) is 0 Å². The number of nitrogens with zero attached hydrogens (tertiary/aromatic N) is 5. The lowest BCUT2D eigenvalue weighted by molar-refractivity contribution is 0.285. The van der Waals surface area contributed by atoms with E-state index in [9.17, 15) is 0 Å². The van der Waals surface area contributed by atoms with E-state index in [4.69, 9.17) is 4.98 Å². The molecule has 0 radical (unpaired) electrons. The van der Waals surface area contributed by atoms with Crippen LogP contribution >= 0.6 is 0 Å². The zero-order chi connectivity index (χ0) is 14.5. The molecule has 1 saturated heterocycles. The molecule has 0 aliphatic carbocycles. The first-order chi connectivity index (χ1) is 9.61. The van der Waals surface area contributed by atoms with Gasteiger partial charge in [-0.2, -0.15) is 4.98 Å². The largest absolute Gasteiger partial charge is 0.360 e. The number of anilines is 2.